The summed E-state index contributed by atoms with van der Waals surface area (Å²) in [5.41, 5.74) is 5.18. The van der Waals surface area contributed by atoms with Crippen molar-refractivity contribution in [3.8, 4) is 0 Å². The van der Waals surface area contributed by atoms with Gasteiger partial charge in [0.25, 0.3) is 0 Å². The number of nitrogens with two attached hydrogens (primary N) is 1. The molecule has 0 aliphatic heterocycles. The SMILES string of the molecule is N.N.N.N.NCCNC(CCCP(=O)(O)O)P(=O)(O)O. The molecule has 1 unspecified atom stereocenters. The Morgan fingerprint density at radius 3 is 1.75 bits per heavy atom. The van der Waals surface area contributed by atoms with E-state index in [2.05, 4.69) is 5.32 Å². The van der Waals surface area contributed by atoms with E-state index in [9.17, 15) is 9.13 Å². The Morgan fingerprint density at radius 2 is 1.45 bits per heavy atom. The van der Waals surface area contributed by atoms with E-state index in [1.165, 1.54) is 0 Å². The highest BCUT2D eigenvalue weighted by molar-refractivity contribution is 7.52. The predicted octanol–water partition coefficient (Wildman–Crippen LogP) is -0.356. The van der Waals surface area contributed by atoms with Crippen molar-refractivity contribution in [1.82, 2.24) is 29.9 Å². The van der Waals surface area contributed by atoms with Gasteiger partial charge in [-0.15, -0.1) is 0 Å². The summed E-state index contributed by atoms with van der Waals surface area (Å²) in [6, 6.07) is 0. The molecule has 130 valence electrons. The highest BCUT2D eigenvalue weighted by atomic mass is 31.2. The van der Waals surface area contributed by atoms with Crippen molar-refractivity contribution < 1.29 is 28.7 Å². The Balaban J connectivity index is -0.000000187. The Bertz CT molecular complexity index is 296. The van der Waals surface area contributed by atoms with Gasteiger partial charge in [0.15, 0.2) is 0 Å². The lowest BCUT2D eigenvalue weighted by molar-refractivity contribution is 0.338. The van der Waals surface area contributed by atoms with Crippen molar-refractivity contribution in [3.63, 3.8) is 0 Å². The van der Waals surface area contributed by atoms with Gasteiger partial charge in [0, 0.05) is 19.3 Å². The minimum Gasteiger partial charge on any atom is -0.344 e. The van der Waals surface area contributed by atoms with Crippen molar-refractivity contribution in [1.29, 1.82) is 0 Å². The second-order valence-electron chi connectivity index (χ2n) is 3.38. The summed E-state index contributed by atoms with van der Waals surface area (Å²) in [4.78, 5) is 35.1. The molecule has 0 aliphatic rings. The van der Waals surface area contributed by atoms with E-state index in [4.69, 9.17) is 25.3 Å². The smallest absolute Gasteiger partial charge is 0.342 e. The second kappa shape index (κ2) is 14.0. The van der Waals surface area contributed by atoms with Crippen LogP contribution in [-0.4, -0.2) is 44.6 Å². The van der Waals surface area contributed by atoms with E-state index < -0.39 is 21.0 Å². The average Bonchev–Trinajstić information content (AvgIpc) is 2.06. The molecular formula is C6H30N6O6P2. The zero-order valence-electron chi connectivity index (χ0n) is 11.5. The quantitative estimate of drug-likeness (QED) is 0.252. The van der Waals surface area contributed by atoms with Gasteiger partial charge in [-0.1, -0.05) is 0 Å². The van der Waals surface area contributed by atoms with Gasteiger partial charge in [0.05, 0.1) is 0 Å². The van der Waals surface area contributed by atoms with Crippen LogP contribution >= 0.6 is 15.2 Å². The Morgan fingerprint density at radius 1 is 1.00 bits per heavy atom. The standard InChI is InChI=1S/C6H18N2O6P2.4H3N/c7-3-4-8-6(16(12,13)14)2-1-5-15(9,10)11;;;;/h6,8H,1-5,7H2,(H2,9,10,11)(H2,12,13,14);4*1H3. The number of nitrogens with one attached hydrogen (secondary N) is 1. The van der Waals surface area contributed by atoms with Crippen LogP contribution in [0.25, 0.3) is 0 Å². The summed E-state index contributed by atoms with van der Waals surface area (Å²) >= 11 is 0. The van der Waals surface area contributed by atoms with Crippen molar-refractivity contribution in [2.24, 2.45) is 5.73 Å². The molecule has 0 rings (SSSR count). The van der Waals surface area contributed by atoms with Crippen molar-refractivity contribution in [3.05, 3.63) is 0 Å². The van der Waals surface area contributed by atoms with Gasteiger partial charge in [-0.25, -0.2) is 0 Å². The molecule has 0 aromatic rings. The molecule has 19 N–H and O–H groups in total. The zero-order valence-corrected chi connectivity index (χ0v) is 13.3. The Hall–Kier alpha value is 0.0600. The van der Waals surface area contributed by atoms with Crippen LogP contribution in [0.2, 0.25) is 0 Å². The highest BCUT2D eigenvalue weighted by Crippen LogP contribution is 2.43. The fourth-order valence-electron chi connectivity index (χ4n) is 1.13. The highest BCUT2D eigenvalue weighted by Gasteiger charge is 2.28. The van der Waals surface area contributed by atoms with Crippen LogP contribution in [0.15, 0.2) is 0 Å². The van der Waals surface area contributed by atoms with Gasteiger partial charge in [-0.2, -0.15) is 0 Å². The number of hydrogen-bond acceptors (Lipinski definition) is 8. The minimum atomic E-state index is -4.31. The number of hydrogen-bond donors (Lipinski definition) is 10. The lowest BCUT2D eigenvalue weighted by Gasteiger charge is -2.19. The van der Waals surface area contributed by atoms with Crippen LogP contribution in [0.4, 0.5) is 0 Å². The summed E-state index contributed by atoms with van der Waals surface area (Å²) in [6.45, 7) is 0.473. The lowest BCUT2D eigenvalue weighted by atomic mass is 10.3. The van der Waals surface area contributed by atoms with Crippen LogP contribution in [0, 0.1) is 0 Å². The first-order valence-corrected chi connectivity index (χ1v) is 8.18. The van der Waals surface area contributed by atoms with E-state index >= 15 is 0 Å². The van der Waals surface area contributed by atoms with Crippen molar-refractivity contribution in [2.45, 2.75) is 18.6 Å². The van der Waals surface area contributed by atoms with Gasteiger partial charge in [0.1, 0.15) is 5.78 Å². The van der Waals surface area contributed by atoms with E-state index in [0.717, 1.165) is 0 Å². The van der Waals surface area contributed by atoms with Gasteiger partial charge < -0.3 is 55.2 Å². The average molecular weight is 344 g/mol. The minimum absolute atomic E-state index is 0. The first-order chi connectivity index (χ1) is 7.17. The predicted molar refractivity (Wildman–Crippen MR) is 79.1 cm³/mol. The maximum Gasteiger partial charge on any atom is 0.342 e. The first-order valence-electron chi connectivity index (χ1n) is 4.70. The summed E-state index contributed by atoms with van der Waals surface area (Å²) in [5.74, 6) is -1.09. The third-order valence-corrected chi connectivity index (χ3v) is 4.01. The van der Waals surface area contributed by atoms with Crippen LogP contribution in [0.5, 0.6) is 0 Å². The molecule has 0 heterocycles. The second-order valence-corrected chi connectivity index (χ2v) is 6.96. The van der Waals surface area contributed by atoms with E-state index in [1.807, 2.05) is 0 Å². The molecule has 20 heavy (non-hydrogen) atoms. The fourth-order valence-corrected chi connectivity index (χ4v) is 2.61. The molecule has 0 bridgehead atoms. The lowest BCUT2D eigenvalue weighted by Crippen LogP contribution is -2.33. The topological polar surface area (TPSA) is 293 Å². The maximum atomic E-state index is 11.0. The molecule has 0 saturated heterocycles. The van der Waals surface area contributed by atoms with E-state index in [1.54, 1.807) is 0 Å². The third kappa shape index (κ3) is 18.1. The van der Waals surface area contributed by atoms with Gasteiger partial charge >= 0.3 is 15.2 Å². The van der Waals surface area contributed by atoms with Crippen LogP contribution in [0.3, 0.4) is 0 Å². The molecule has 1 atom stereocenters. The van der Waals surface area contributed by atoms with E-state index in [0.29, 0.717) is 0 Å². The summed E-state index contributed by atoms with van der Waals surface area (Å²) in [5, 5.41) is 2.55. The molecule has 0 radical (unpaired) electrons. The van der Waals surface area contributed by atoms with Gasteiger partial charge in [-0.05, 0) is 12.8 Å². The Kier molecular flexibility index (Phi) is 22.5. The van der Waals surface area contributed by atoms with E-state index in [-0.39, 0.29) is 56.7 Å². The molecule has 0 aromatic carbocycles. The summed E-state index contributed by atoms with van der Waals surface area (Å²) < 4.78 is 21.5. The molecule has 0 spiro atoms. The van der Waals surface area contributed by atoms with Crippen LogP contribution in [-0.2, 0) is 9.13 Å². The first kappa shape index (κ1) is 32.1. The summed E-state index contributed by atoms with van der Waals surface area (Å²) in [7, 11) is -8.41. The molecule has 0 aromatic heterocycles. The zero-order chi connectivity index (χ0) is 12.8. The Labute approximate surface area is 118 Å². The normalized spacial score (nSPS) is 12.1. The number of rotatable bonds is 8. The maximum absolute atomic E-state index is 11.0. The molecular weight excluding hydrogens is 314 g/mol. The fraction of sp³-hybridized carbons (Fsp3) is 1.00. The largest absolute Gasteiger partial charge is 0.344 e. The third-order valence-electron chi connectivity index (χ3n) is 1.86. The van der Waals surface area contributed by atoms with Crippen molar-refractivity contribution >= 4 is 15.2 Å². The molecule has 0 amide bonds. The molecule has 12 nitrogen and oxygen atoms in total. The van der Waals surface area contributed by atoms with Gasteiger partial charge in [-0.3, -0.25) is 9.13 Å². The molecule has 0 saturated carbocycles. The van der Waals surface area contributed by atoms with Gasteiger partial charge in [0.2, 0.25) is 0 Å². The molecule has 14 heteroatoms. The monoisotopic (exact) mass is 344 g/mol. The van der Waals surface area contributed by atoms with Crippen LogP contribution < -0.4 is 35.7 Å². The van der Waals surface area contributed by atoms with Crippen LogP contribution in [0.1, 0.15) is 12.8 Å². The summed E-state index contributed by atoms with van der Waals surface area (Å²) in [6.07, 6.45) is -0.346. The molecule has 0 aliphatic carbocycles. The molecule has 0 fully saturated rings. The van der Waals surface area contributed by atoms with Crippen molar-refractivity contribution in [2.75, 3.05) is 19.3 Å².